The summed E-state index contributed by atoms with van der Waals surface area (Å²) in [7, 11) is 0. The summed E-state index contributed by atoms with van der Waals surface area (Å²) in [6.45, 7) is 2.07. The normalized spacial score (nSPS) is 11.2. The number of fused-ring (bicyclic) bond motifs is 4. The van der Waals surface area contributed by atoms with E-state index < -0.39 is 0 Å². The van der Waals surface area contributed by atoms with Crippen molar-refractivity contribution in [3.05, 3.63) is 77.9 Å². The quantitative estimate of drug-likeness (QED) is 0.379. The van der Waals surface area contributed by atoms with Crippen LogP contribution in [0.15, 0.2) is 71.1 Å². The molecule has 0 saturated heterocycles. The minimum absolute atomic E-state index is 0.550. The van der Waals surface area contributed by atoms with E-state index in [-0.39, 0.29) is 0 Å². The van der Waals surface area contributed by atoms with Crippen molar-refractivity contribution in [3.63, 3.8) is 0 Å². The standard InChI is InChI=1S/C23H14N2O/c1-14-11-18-17-7-4-6-16(13-24)22(17)26-23(18)19(12-14)21-10-9-15-5-2-3-8-20(15)25-21/h2-12H,1H3. The van der Waals surface area contributed by atoms with Crippen LogP contribution in [0.4, 0.5) is 0 Å². The third-order valence-corrected chi connectivity index (χ3v) is 4.74. The molecule has 0 atom stereocenters. The maximum absolute atomic E-state index is 9.40. The Bertz CT molecular complexity index is 1360. The molecule has 0 amide bonds. The number of para-hydroxylation sites is 2. The zero-order valence-corrected chi connectivity index (χ0v) is 14.2. The first-order chi connectivity index (χ1) is 12.7. The van der Waals surface area contributed by atoms with E-state index in [1.54, 1.807) is 6.07 Å². The molecule has 0 bridgehead atoms. The highest BCUT2D eigenvalue weighted by Crippen LogP contribution is 2.37. The Labute approximate surface area is 150 Å². The lowest BCUT2D eigenvalue weighted by Crippen LogP contribution is -1.87. The van der Waals surface area contributed by atoms with Gasteiger partial charge in [0.1, 0.15) is 11.7 Å². The Kier molecular flexibility index (Phi) is 3.07. The topological polar surface area (TPSA) is 49.8 Å². The molecule has 3 nitrogen and oxygen atoms in total. The van der Waals surface area contributed by atoms with E-state index in [0.717, 1.165) is 44.1 Å². The third-order valence-electron chi connectivity index (χ3n) is 4.74. The number of rotatable bonds is 1. The molecular formula is C23H14N2O. The predicted molar refractivity (Wildman–Crippen MR) is 104 cm³/mol. The molecule has 0 saturated carbocycles. The van der Waals surface area contributed by atoms with Gasteiger partial charge in [0.25, 0.3) is 0 Å². The summed E-state index contributed by atoms with van der Waals surface area (Å²) in [5.41, 5.74) is 5.87. The summed E-state index contributed by atoms with van der Waals surface area (Å²) in [6, 6.07) is 24.3. The van der Waals surface area contributed by atoms with Crippen molar-refractivity contribution in [2.45, 2.75) is 6.92 Å². The fourth-order valence-electron chi connectivity index (χ4n) is 3.54. The Morgan fingerprint density at radius 3 is 2.65 bits per heavy atom. The Hall–Kier alpha value is -3.64. The van der Waals surface area contributed by atoms with Gasteiger partial charge in [-0.1, -0.05) is 36.4 Å². The second-order valence-corrected chi connectivity index (χ2v) is 6.47. The molecule has 0 N–H and O–H groups in total. The van der Waals surface area contributed by atoms with Gasteiger partial charge in [-0.25, -0.2) is 4.98 Å². The van der Waals surface area contributed by atoms with E-state index in [4.69, 9.17) is 9.40 Å². The van der Waals surface area contributed by atoms with Gasteiger partial charge in [0.15, 0.2) is 5.58 Å². The molecule has 0 spiro atoms. The Balaban J connectivity index is 1.88. The van der Waals surface area contributed by atoms with Crippen LogP contribution in [0, 0.1) is 18.3 Å². The first kappa shape index (κ1) is 14.7. The number of hydrogen-bond acceptors (Lipinski definition) is 3. The van der Waals surface area contributed by atoms with Crippen LogP contribution in [0.2, 0.25) is 0 Å². The number of pyridine rings is 1. The van der Waals surface area contributed by atoms with E-state index in [2.05, 4.69) is 37.3 Å². The average Bonchev–Trinajstić information content (AvgIpc) is 3.05. The molecule has 5 rings (SSSR count). The number of aromatic nitrogens is 1. The zero-order chi connectivity index (χ0) is 17.7. The van der Waals surface area contributed by atoms with Crippen LogP contribution < -0.4 is 0 Å². The van der Waals surface area contributed by atoms with Crippen LogP contribution in [0.1, 0.15) is 11.1 Å². The molecule has 26 heavy (non-hydrogen) atoms. The molecule has 2 aromatic heterocycles. The maximum Gasteiger partial charge on any atom is 0.153 e. The summed E-state index contributed by atoms with van der Waals surface area (Å²) >= 11 is 0. The number of nitriles is 1. The van der Waals surface area contributed by atoms with Gasteiger partial charge in [-0.2, -0.15) is 5.26 Å². The number of benzene rings is 3. The summed E-state index contributed by atoms with van der Waals surface area (Å²) in [6.07, 6.45) is 0. The third kappa shape index (κ3) is 2.09. The summed E-state index contributed by atoms with van der Waals surface area (Å²) < 4.78 is 6.16. The number of aryl methyl sites for hydroxylation is 1. The second-order valence-electron chi connectivity index (χ2n) is 6.47. The van der Waals surface area contributed by atoms with E-state index in [1.165, 1.54) is 0 Å². The Morgan fingerprint density at radius 2 is 1.77 bits per heavy atom. The lowest BCUT2D eigenvalue weighted by Gasteiger charge is -2.05. The monoisotopic (exact) mass is 334 g/mol. The first-order valence-corrected chi connectivity index (χ1v) is 8.47. The SMILES string of the molecule is Cc1cc(-c2ccc3ccccc3n2)c2oc3c(C#N)cccc3c2c1. The highest BCUT2D eigenvalue weighted by atomic mass is 16.3. The molecule has 0 fully saturated rings. The molecule has 3 heteroatoms. The van der Waals surface area contributed by atoms with Crippen LogP contribution in [-0.4, -0.2) is 4.98 Å². The number of nitrogens with zero attached hydrogens (tertiary/aromatic N) is 2. The minimum atomic E-state index is 0.550. The highest BCUT2D eigenvalue weighted by Gasteiger charge is 2.16. The number of hydrogen-bond donors (Lipinski definition) is 0. The van der Waals surface area contributed by atoms with Gasteiger partial charge in [-0.3, -0.25) is 0 Å². The predicted octanol–water partition coefficient (Wildman–Crippen LogP) is 5.98. The highest BCUT2D eigenvalue weighted by molar-refractivity contribution is 6.11. The van der Waals surface area contributed by atoms with E-state index in [9.17, 15) is 5.26 Å². The summed E-state index contributed by atoms with van der Waals surface area (Å²) in [5, 5.41) is 12.5. The Morgan fingerprint density at radius 1 is 0.885 bits per heavy atom. The molecule has 3 aromatic carbocycles. The largest absolute Gasteiger partial charge is 0.454 e. The van der Waals surface area contributed by atoms with Crippen LogP contribution in [0.25, 0.3) is 44.1 Å². The van der Waals surface area contributed by atoms with Crippen molar-refractivity contribution < 1.29 is 4.42 Å². The van der Waals surface area contributed by atoms with Gasteiger partial charge in [0, 0.05) is 21.7 Å². The summed E-state index contributed by atoms with van der Waals surface area (Å²) in [4.78, 5) is 4.82. The van der Waals surface area contributed by atoms with Gasteiger partial charge < -0.3 is 4.42 Å². The van der Waals surface area contributed by atoms with E-state index in [0.29, 0.717) is 11.1 Å². The lowest BCUT2D eigenvalue weighted by atomic mass is 10.0. The smallest absolute Gasteiger partial charge is 0.153 e. The van der Waals surface area contributed by atoms with Crippen molar-refractivity contribution in [3.8, 4) is 17.3 Å². The van der Waals surface area contributed by atoms with Crippen molar-refractivity contribution in [2.75, 3.05) is 0 Å². The fourth-order valence-corrected chi connectivity index (χ4v) is 3.54. The van der Waals surface area contributed by atoms with Crippen molar-refractivity contribution in [1.29, 1.82) is 5.26 Å². The molecule has 0 aliphatic carbocycles. The van der Waals surface area contributed by atoms with Gasteiger partial charge in [0.05, 0.1) is 16.8 Å². The van der Waals surface area contributed by atoms with E-state index in [1.807, 2.05) is 36.4 Å². The number of furan rings is 1. The molecule has 5 aromatic rings. The van der Waals surface area contributed by atoms with Crippen LogP contribution in [-0.2, 0) is 0 Å². The summed E-state index contributed by atoms with van der Waals surface area (Å²) in [5.74, 6) is 0. The van der Waals surface area contributed by atoms with Crippen LogP contribution in [0.3, 0.4) is 0 Å². The van der Waals surface area contributed by atoms with Crippen molar-refractivity contribution in [1.82, 2.24) is 4.98 Å². The fraction of sp³-hybridized carbons (Fsp3) is 0.0435. The van der Waals surface area contributed by atoms with Gasteiger partial charge in [-0.15, -0.1) is 0 Å². The first-order valence-electron chi connectivity index (χ1n) is 8.47. The molecular weight excluding hydrogens is 320 g/mol. The van der Waals surface area contributed by atoms with Gasteiger partial charge in [0.2, 0.25) is 0 Å². The van der Waals surface area contributed by atoms with Gasteiger partial charge >= 0.3 is 0 Å². The molecule has 0 radical (unpaired) electrons. The van der Waals surface area contributed by atoms with Crippen molar-refractivity contribution >= 4 is 32.8 Å². The minimum Gasteiger partial charge on any atom is -0.454 e. The second kappa shape index (κ2) is 5.44. The van der Waals surface area contributed by atoms with Gasteiger partial charge in [-0.05, 0) is 42.8 Å². The molecule has 0 unspecified atom stereocenters. The maximum atomic E-state index is 9.40. The molecule has 0 aliphatic heterocycles. The average molecular weight is 334 g/mol. The van der Waals surface area contributed by atoms with Crippen LogP contribution in [0.5, 0.6) is 0 Å². The van der Waals surface area contributed by atoms with Crippen molar-refractivity contribution in [2.24, 2.45) is 0 Å². The molecule has 122 valence electrons. The van der Waals surface area contributed by atoms with Crippen LogP contribution >= 0.6 is 0 Å². The van der Waals surface area contributed by atoms with E-state index >= 15 is 0 Å². The zero-order valence-electron chi connectivity index (χ0n) is 14.2. The molecule has 0 aliphatic rings. The lowest BCUT2D eigenvalue weighted by molar-refractivity contribution is 0.668. The molecule has 2 heterocycles.